The number of aliphatic hydroxyl groups is 1. The van der Waals surface area contributed by atoms with Crippen LogP contribution in [0.5, 0.6) is 0 Å². The second kappa shape index (κ2) is 2.71. The minimum atomic E-state index is -0.892. The van der Waals surface area contributed by atoms with Crippen LogP contribution in [0.1, 0.15) is 13.3 Å². The van der Waals surface area contributed by atoms with Gasteiger partial charge in [-0.2, -0.15) is 0 Å². The smallest absolute Gasteiger partial charge is 0.141 e. The van der Waals surface area contributed by atoms with Gasteiger partial charge in [0.1, 0.15) is 4.33 Å². The molecule has 1 rings (SSSR count). The molecule has 1 N–H and O–H groups in total. The largest absolute Gasteiger partial charge is 0.393 e. The number of aliphatic hydroxyl groups excluding tert-OH is 1. The van der Waals surface area contributed by atoms with Gasteiger partial charge in [0, 0.05) is 5.92 Å². The molecule has 4 heteroatoms. The quantitative estimate of drug-likeness (QED) is 0.682. The second-order valence-corrected chi connectivity index (χ2v) is 4.49. The molecular formula is C6H9Cl3O. The second-order valence-electron chi connectivity index (χ2n) is 2.58. The molecule has 1 fully saturated rings. The molecule has 0 aromatic rings. The summed E-state index contributed by atoms with van der Waals surface area (Å²) in [6.45, 7) is 1.87. The third-order valence-corrected chi connectivity index (χ3v) is 3.66. The Morgan fingerprint density at radius 2 is 2.00 bits per heavy atom. The molecule has 0 aliphatic heterocycles. The molecular weight excluding hydrogens is 194 g/mol. The van der Waals surface area contributed by atoms with E-state index in [4.69, 9.17) is 34.8 Å². The Morgan fingerprint density at radius 3 is 2.10 bits per heavy atom. The molecule has 0 spiro atoms. The van der Waals surface area contributed by atoms with E-state index in [0.717, 1.165) is 0 Å². The Hall–Kier alpha value is 0.830. The van der Waals surface area contributed by atoms with Gasteiger partial charge in [0.15, 0.2) is 0 Å². The van der Waals surface area contributed by atoms with Crippen LogP contribution in [0.25, 0.3) is 0 Å². The highest BCUT2D eigenvalue weighted by atomic mass is 35.5. The van der Waals surface area contributed by atoms with Gasteiger partial charge in [0.2, 0.25) is 0 Å². The predicted octanol–water partition coefficient (Wildman–Crippen LogP) is 2.17. The lowest BCUT2D eigenvalue weighted by Crippen LogP contribution is -2.11. The van der Waals surface area contributed by atoms with Gasteiger partial charge in [-0.25, -0.2) is 0 Å². The zero-order chi connectivity index (χ0) is 7.94. The van der Waals surface area contributed by atoms with Gasteiger partial charge in [-0.3, -0.25) is 0 Å². The maximum Gasteiger partial charge on any atom is 0.141 e. The number of rotatable bonds is 2. The summed E-state index contributed by atoms with van der Waals surface area (Å²) in [6.07, 6.45) is 0.187. The molecule has 60 valence electrons. The van der Waals surface area contributed by atoms with Crippen LogP contribution in [0, 0.1) is 5.92 Å². The van der Waals surface area contributed by atoms with Crippen molar-refractivity contribution in [3.05, 3.63) is 0 Å². The van der Waals surface area contributed by atoms with Gasteiger partial charge in [-0.05, 0) is 6.42 Å². The fourth-order valence-electron chi connectivity index (χ4n) is 1.02. The summed E-state index contributed by atoms with van der Waals surface area (Å²) in [7, 11) is 0. The van der Waals surface area contributed by atoms with Crippen LogP contribution in [0.15, 0.2) is 0 Å². The lowest BCUT2D eigenvalue weighted by atomic mass is 10.2. The van der Waals surface area contributed by atoms with E-state index < -0.39 is 10.4 Å². The highest BCUT2D eigenvalue weighted by Gasteiger charge is 2.65. The first-order valence-corrected chi connectivity index (χ1v) is 4.41. The number of hydrogen-bond acceptors (Lipinski definition) is 1. The van der Waals surface area contributed by atoms with Crippen LogP contribution in [-0.4, -0.2) is 20.9 Å². The lowest BCUT2D eigenvalue weighted by Gasteiger charge is -2.04. The first kappa shape index (κ1) is 8.92. The number of alkyl halides is 3. The monoisotopic (exact) mass is 202 g/mol. The molecule has 0 saturated heterocycles. The highest BCUT2D eigenvalue weighted by molar-refractivity contribution is 6.56. The van der Waals surface area contributed by atoms with E-state index in [-0.39, 0.29) is 11.3 Å². The molecule has 3 unspecified atom stereocenters. The summed E-state index contributed by atoms with van der Waals surface area (Å²) < 4.78 is -0.892. The summed E-state index contributed by atoms with van der Waals surface area (Å²) in [6, 6.07) is 0. The zero-order valence-electron chi connectivity index (χ0n) is 5.52. The fraction of sp³-hybridized carbons (Fsp3) is 1.00. The van der Waals surface area contributed by atoms with Crippen LogP contribution in [0.4, 0.5) is 0 Å². The van der Waals surface area contributed by atoms with Crippen molar-refractivity contribution in [3.63, 3.8) is 0 Å². The van der Waals surface area contributed by atoms with Crippen LogP contribution < -0.4 is 0 Å². The molecule has 0 aromatic heterocycles. The van der Waals surface area contributed by atoms with Gasteiger partial charge in [0.25, 0.3) is 0 Å². The van der Waals surface area contributed by atoms with Crippen molar-refractivity contribution in [1.29, 1.82) is 0 Å². The first-order valence-electron chi connectivity index (χ1n) is 3.21. The molecule has 0 radical (unpaired) electrons. The van der Waals surface area contributed by atoms with Gasteiger partial charge in [0.05, 0.1) is 11.5 Å². The van der Waals surface area contributed by atoms with Crippen LogP contribution in [0.2, 0.25) is 0 Å². The number of halogens is 3. The maximum absolute atomic E-state index is 9.25. The van der Waals surface area contributed by atoms with Gasteiger partial charge >= 0.3 is 0 Å². The molecule has 1 aliphatic carbocycles. The third kappa shape index (κ3) is 1.25. The van der Waals surface area contributed by atoms with E-state index in [1.165, 1.54) is 0 Å². The Labute approximate surface area is 75.3 Å². The molecule has 0 bridgehead atoms. The van der Waals surface area contributed by atoms with E-state index in [9.17, 15) is 5.11 Å². The van der Waals surface area contributed by atoms with Crippen molar-refractivity contribution in [2.24, 2.45) is 5.92 Å². The minimum absolute atomic E-state index is 0.150. The Morgan fingerprint density at radius 1 is 1.60 bits per heavy atom. The molecule has 1 nitrogen and oxygen atoms in total. The van der Waals surface area contributed by atoms with Gasteiger partial charge in [-0.15, -0.1) is 11.6 Å². The maximum atomic E-state index is 9.25. The molecule has 1 aliphatic rings. The lowest BCUT2D eigenvalue weighted by molar-refractivity contribution is 0.146. The van der Waals surface area contributed by atoms with Crippen molar-refractivity contribution in [1.82, 2.24) is 0 Å². The van der Waals surface area contributed by atoms with E-state index >= 15 is 0 Å². The highest BCUT2D eigenvalue weighted by Crippen LogP contribution is 2.58. The van der Waals surface area contributed by atoms with E-state index in [2.05, 4.69) is 0 Å². The summed E-state index contributed by atoms with van der Waals surface area (Å²) in [5.74, 6) is -0.150. The van der Waals surface area contributed by atoms with E-state index in [1.807, 2.05) is 6.92 Å². The molecule has 10 heavy (non-hydrogen) atoms. The van der Waals surface area contributed by atoms with Crippen LogP contribution in [-0.2, 0) is 0 Å². The average Bonchev–Trinajstić information content (AvgIpc) is 2.33. The summed E-state index contributed by atoms with van der Waals surface area (Å²) in [4.78, 5) is 0. The Kier molecular flexibility index (Phi) is 2.41. The van der Waals surface area contributed by atoms with Gasteiger partial charge in [-0.1, -0.05) is 30.1 Å². The van der Waals surface area contributed by atoms with Crippen molar-refractivity contribution in [3.8, 4) is 0 Å². The van der Waals surface area contributed by atoms with Crippen LogP contribution in [0.3, 0.4) is 0 Å². The van der Waals surface area contributed by atoms with Gasteiger partial charge < -0.3 is 5.11 Å². The average molecular weight is 203 g/mol. The van der Waals surface area contributed by atoms with Crippen molar-refractivity contribution in [2.45, 2.75) is 29.2 Å². The third-order valence-electron chi connectivity index (χ3n) is 1.85. The van der Waals surface area contributed by atoms with E-state index in [1.54, 1.807) is 0 Å². The molecule has 0 aromatic carbocycles. The Balaban J connectivity index is 2.48. The topological polar surface area (TPSA) is 20.2 Å². The van der Waals surface area contributed by atoms with E-state index in [0.29, 0.717) is 6.42 Å². The molecule has 0 heterocycles. The molecule has 1 saturated carbocycles. The standard InChI is InChI=1S/C6H9Cl3O/c1-2-3(10)4-5(7)6(4,8)9/h3-5,10H,2H2,1H3. The van der Waals surface area contributed by atoms with Crippen molar-refractivity contribution >= 4 is 34.8 Å². The minimum Gasteiger partial charge on any atom is -0.393 e. The molecule has 3 atom stereocenters. The zero-order valence-corrected chi connectivity index (χ0v) is 7.79. The Bertz CT molecular complexity index is 137. The first-order chi connectivity index (χ1) is 4.51. The molecule has 0 amide bonds. The fourth-order valence-corrected chi connectivity index (χ4v) is 2.27. The van der Waals surface area contributed by atoms with Crippen molar-refractivity contribution in [2.75, 3.05) is 0 Å². The van der Waals surface area contributed by atoms with Crippen molar-refractivity contribution < 1.29 is 5.11 Å². The number of hydrogen-bond donors (Lipinski definition) is 1. The summed E-state index contributed by atoms with van der Waals surface area (Å²) in [5.41, 5.74) is 0. The normalized spacial score (nSPS) is 39.3. The SMILES string of the molecule is CCC(O)C1C(Cl)C1(Cl)Cl. The summed E-state index contributed by atoms with van der Waals surface area (Å²) >= 11 is 17.1. The predicted molar refractivity (Wildman–Crippen MR) is 43.9 cm³/mol. The summed E-state index contributed by atoms with van der Waals surface area (Å²) in [5, 5.41) is 8.96. The van der Waals surface area contributed by atoms with Crippen LogP contribution >= 0.6 is 34.8 Å².